The summed E-state index contributed by atoms with van der Waals surface area (Å²) < 4.78 is 25.7. The van der Waals surface area contributed by atoms with Gasteiger partial charge in [0.25, 0.3) is 0 Å². The zero-order valence-corrected chi connectivity index (χ0v) is 11.6. The number of hydrogen-bond acceptors (Lipinski definition) is 5. The highest BCUT2D eigenvalue weighted by atomic mass is 32.2. The second-order valence-electron chi connectivity index (χ2n) is 4.22. The van der Waals surface area contributed by atoms with Crippen LogP contribution in [0.5, 0.6) is 0 Å². The van der Waals surface area contributed by atoms with Gasteiger partial charge in [-0.1, -0.05) is 12.1 Å². The van der Waals surface area contributed by atoms with E-state index in [1.807, 2.05) is 6.07 Å². The van der Waals surface area contributed by atoms with Gasteiger partial charge >= 0.3 is 0 Å². The summed E-state index contributed by atoms with van der Waals surface area (Å²) >= 11 is 0. The third-order valence-corrected chi connectivity index (χ3v) is 4.61. The first kappa shape index (κ1) is 14.0. The molecule has 1 aromatic heterocycles. The van der Waals surface area contributed by atoms with Gasteiger partial charge in [0.05, 0.1) is 17.8 Å². The van der Waals surface area contributed by atoms with E-state index in [0.717, 1.165) is 9.87 Å². The molecule has 0 amide bonds. The first-order chi connectivity index (χ1) is 9.45. The van der Waals surface area contributed by atoms with Crippen LogP contribution in [0.15, 0.2) is 35.4 Å². The first-order valence-corrected chi connectivity index (χ1v) is 7.13. The molecule has 0 radical (unpaired) electrons. The lowest BCUT2D eigenvalue weighted by Crippen LogP contribution is -2.26. The minimum Gasteiger partial charge on any atom is -0.383 e. The predicted octanol–water partition coefficient (Wildman–Crippen LogP) is 0.684. The number of rotatable bonds is 4. The molecular weight excluding hydrogens is 278 g/mol. The molecule has 104 valence electrons. The van der Waals surface area contributed by atoms with Gasteiger partial charge in [0, 0.05) is 13.6 Å². The maximum absolute atomic E-state index is 12.3. The van der Waals surface area contributed by atoms with E-state index in [9.17, 15) is 8.42 Å². The Morgan fingerprint density at radius 1 is 1.50 bits per heavy atom. The summed E-state index contributed by atoms with van der Waals surface area (Å²) in [7, 11) is -2.27. The summed E-state index contributed by atoms with van der Waals surface area (Å²) in [5, 5.41) is 14.8. The largest absolute Gasteiger partial charge is 0.383 e. The highest BCUT2D eigenvalue weighted by Crippen LogP contribution is 2.20. The Labute approximate surface area is 116 Å². The van der Waals surface area contributed by atoms with E-state index in [0.29, 0.717) is 5.56 Å². The molecule has 2 aromatic rings. The van der Waals surface area contributed by atoms with E-state index in [-0.39, 0.29) is 17.3 Å². The first-order valence-electron chi connectivity index (χ1n) is 5.69. The van der Waals surface area contributed by atoms with Crippen molar-refractivity contribution < 1.29 is 8.42 Å². The number of H-pyrrole nitrogens is 1. The van der Waals surface area contributed by atoms with Crippen LogP contribution in [0.3, 0.4) is 0 Å². The molecule has 3 N–H and O–H groups in total. The topological polar surface area (TPSA) is 116 Å². The van der Waals surface area contributed by atoms with Gasteiger partial charge in [0.1, 0.15) is 10.7 Å². The zero-order valence-electron chi connectivity index (χ0n) is 10.7. The number of aromatic amines is 1. The van der Waals surface area contributed by atoms with Crippen molar-refractivity contribution in [3.63, 3.8) is 0 Å². The van der Waals surface area contributed by atoms with E-state index in [2.05, 4.69) is 10.2 Å². The number of nitriles is 1. The fourth-order valence-corrected chi connectivity index (χ4v) is 2.90. The van der Waals surface area contributed by atoms with E-state index in [1.54, 1.807) is 24.3 Å². The lowest BCUT2D eigenvalue weighted by molar-refractivity contribution is 0.467. The van der Waals surface area contributed by atoms with Gasteiger partial charge in [-0.2, -0.15) is 14.7 Å². The van der Waals surface area contributed by atoms with Gasteiger partial charge < -0.3 is 5.73 Å². The van der Waals surface area contributed by atoms with Gasteiger partial charge in [-0.15, -0.1) is 0 Å². The van der Waals surface area contributed by atoms with Crippen LogP contribution in [0.4, 0.5) is 5.82 Å². The van der Waals surface area contributed by atoms with Crippen molar-refractivity contribution in [1.29, 1.82) is 5.26 Å². The molecule has 2 rings (SSSR count). The average Bonchev–Trinajstić information content (AvgIpc) is 2.86. The van der Waals surface area contributed by atoms with Crippen LogP contribution in [0.2, 0.25) is 0 Å². The van der Waals surface area contributed by atoms with Crippen molar-refractivity contribution in [3.05, 3.63) is 41.6 Å². The normalized spacial score (nSPS) is 11.4. The molecule has 0 aliphatic heterocycles. The fraction of sp³-hybridized carbons (Fsp3) is 0.167. The summed E-state index contributed by atoms with van der Waals surface area (Å²) in [4.78, 5) is -0.0589. The summed E-state index contributed by atoms with van der Waals surface area (Å²) in [5.41, 5.74) is 6.74. The van der Waals surface area contributed by atoms with Crippen molar-refractivity contribution in [3.8, 4) is 6.07 Å². The Morgan fingerprint density at radius 3 is 2.85 bits per heavy atom. The van der Waals surface area contributed by atoms with Crippen LogP contribution in [0, 0.1) is 11.3 Å². The zero-order chi connectivity index (χ0) is 14.8. The number of nitrogens with one attached hydrogen (secondary N) is 1. The van der Waals surface area contributed by atoms with Gasteiger partial charge in [0.2, 0.25) is 10.0 Å². The van der Waals surface area contributed by atoms with Gasteiger partial charge in [-0.25, -0.2) is 8.42 Å². The van der Waals surface area contributed by atoms with E-state index >= 15 is 0 Å². The van der Waals surface area contributed by atoms with Crippen LogP contribution in [-0.2, 0) is 16.6 Å². The maximum Gasteiger partial charge on any atom is 0.248 e. The Morgan fingerprint density at radius 2 is 2.25 bits per heavy atom. The predicted molar refractivity (Wildman–Crippen MR) is 72.8 cm³/mol. The SMILES string of the molecule is CN(Cc1cccc(C#N)c1)S(=O)(=O)c1cn[nH]c1N. The molecule has 8 heteroatoms. The van der Waals surface area contributed by atoms with Crippen LogP contribution in [0.25, 0.3) is 0 Å². The lowest BCUT2D eigenvalue weighted by Gasteiger charge is -2.16. The number of nitrogens with zero attached hydrogens (tertiary/aromatic N) is 3. The smallest absolute Gasteiger partial charge is 0.248 e. The number of hydrogen-bond donors (Lipinski definition) is 2. The van der Waals surface area contributed by atoms with Crippen LogP contribution < -0.4 is 5.73 Å². The third kappa shape index (κ3) is 2.64. The minimum absolute atomic E-state index is 0.00243. The molecule has 0 aliphatic rings. The van der Waals surface area contributed by atoms with Crippen LogP contribution in [-0.4, -0.2) is 30.0 Å². The van der Waals surface area contributed by atoms with Crippen LogP contribution in [0.1, 0.15) is 11.1 Å². The second-order valence-corrected chi connectivity index (χ2v) is 6.23. The molecule has 0 fully saturated rings. The standard InChI is InChI=1S/C12H13N5O2S/c1-17(8-10-4-2-3-9(5-10)6-13)20(18,19)11-7-15-16-12(11)14/h2-5,7H,8H2,1H3,(H3,14,15,16). The Kier molecular flexibility index (Phi) is 3.74. The number of sulfonamides is 1. The number of anilines is 1. The van der Waals surface area contributed by atoms with Gasteiger partial charge in [-0.3, -0.25) is 5.10 Å². The average molecular weight is 291 g/mol. The Balaban J connectivity index is 2.26. The van der Waals surface area contributed by atoms with Gasteiger partial charge in [0.15, 0.2) is 0 Å². The van der Waals surface area contributed by atoms with Crippen molar-refractivity contribution in [2.75, 3.05) is 12.8 Å². The third-order valence-electron chi connectivity index (χ3n) is 2.78. The molecule has 1 aromatic carbocycles. The highest BCUT2D eigenvalue weighted by Gasteiger charge is 2.24. The van der Waals surface area contributed by atoms with Crippen LogP contribution >= 0.6 is 0 Å². The second kappa shape index (κ2) is 5.32. The summed E-state index contributed by atoms with van der Waals surface area (Å²) in [6, 6.07) is 8.78. The molecule has 0 aliphatic carbocycles. The monoisotopic (exact) mass is 291 g/mol. The minimum atomic E-state index is -3.71. The highest BCUT2D eigenvalue weighted by molar-refractivity contribution is 7.89. The fourth-order valence-electron chi connectivity index (χ4n) is 1.74. The molecular formula is C12H13N5O2S. The molecule has 7 nitrogen and oxygen atoms in total. The number of nitrogen functional groups attached to an aromatic ring is 1. The molecule has 0 spiro atoms. The quantitative estimate of drug-likeness (QED) is 0.859. The van der Waals surface area contributed by atoms with Crippen molar-refractivity contribution in [2.45, 2.75) is 11.4 Å². The van der Waals surface area contributed by atoms with E-state index < -0.39 is 10.0 Å². The number of aromatic nitrogens is 2. The summed E-state index contributed by atoms with van der Waals surface area (Å²) in [6.45, 7) is 0.141. The van der Waals surface area contributed by atoms with Gasteiger partial charge in [-0.05, 0) is 17.7 Å². The van der Waals surface area contributed by atoms with E-state index in [1.165, 1.54) is 13.2 Å². The maximum atomic E-state index is 12.3. The van der Waals surface area contributed by atoms with E-state index in [4.69, 9.17) is 11.0 Å². The van der Waals surface area contributed by atoms with Crippen molar-refractivity contribution in [1.82, 2.24) is 14.5 Å². The molecule has 0 bridgehead atoms. The molecule has 0 atom stereocenters. The molecule has 0 saturated heterocycles. The van der Waals surface area contributed by atoms with Crippen molar-refractivity contribution in [2.24, 2.45) is 0 Å². The number of nitrogens with two attached hydrogens (primary N) is 1. The number of benzene rings is 1. The lowest BCUT2D eigenvalue weighted by atomic mass is 10.1. The molecule has 0 unspecified atom stereocenters. The summed E-state index contributed by atoms with van der Waals surface area (Å²) in [6.07, 6.45) is 1.17. The van der Waals surface area contributed by atoms with Crippen molar-refractivity contribution >= 4 is 15.8 Å². The molecule has 1 heterocycles. The summed E-state index contributed by atoms with van der Waals surface area (Å²) in [5.74, 6) is 0.00243. The molecule has 20 heavy (non-hydrogen) atoms. The molecule has 0 saturated carbocycles. The Bertz CT molecular complexity index is 760. The Hall–Kier alpha value is -2.37.